The Balaban J connectivity index is 2.22. The average Bonchev–Trinajstić information content (AvgIpc) is 2.92. The molecule has 0 aliphatic carbocycles. The molecule has 0 aromatic carbocycles. The maximum atomic E-state index is 10.6. The van der Waals surface area contributed by atoms with E-state index in [-0.39, 0.29) is 5.54 Å². The number of hydrogen-bond donors (Lipinski definition) is 1. The number of pyridine rings is 1. The minimum absolute atomic E-state index is 0.167. The van der Waals surface area contributed by atoms with Gasteiger partial charge in [0.2, 0.25) is 0 Å². The first-order valence-corrected chi connectivity index (χ1v) is 6.51. The molecule has 0 saturated carbocycles. The standard InChI is InChI=1S/C14H22N2O/c1-3-14(2,16-9-4-5-10-16)13(17)12-7-6-8-15-11-12/h6-8,11,13,17H,3-5,9-10H2,1-2H3. The van der Waals surface area contributed by atoms with Crippen LogP contribution in [0.3, 0.4) is 0 Å². The zero-order chi connectivity index (χ0) is 12.3. The monoisotopic (exact) mass is 234 g/mol. The third kappa shape index (κ3) is 2.35. The maximum absolute atomic E-state index is 10.6. The van der Waals surface area contributed by atoms with E-state index in [9.17, 15) is 5.11 Å². The van der Waals surface area contributed by atoms with Crippen molar-refractivity contribution in [1.82, 2.24) is 9.88 Å². The maximum Gasteiger partial charge on any atom is 0.0985 e. The molecule has 1 N–H and O–H groups in total. The summed E-state index contributed by atoms with van der Waals surface area (Å²) in [6.07, 6.45) is 6.50. The smallest absolute Gasteiger partial charge is 0.0985 e. The number of aliphatic hydroxyl groups is 1. The number of aromatic nitrogens is 1. The third-order valence-corrected chi connectivity index (χ3v) is 4.13. The van der Waals surface area contributed by atoms with Crippen LogP contribution in [0.15, 0.2) is 24.5 Å². The average molecular weight is 234 g/mol. The number of rotatable bonds is 4. The molecule has 2 atom stereocenters. The summed E-state index contributed by atoms with van der Waals surface area (Å²) < 4.78 is 0. The molecule has 17 heavy (non-hydrogen) atoms. The molecular weight excluding hydrogens is 212 g/mol. The molecule has 0 spiro atoms. The van der Waals surface area contributed by atoms with Crippen molar-refractivity contribution in [2.24, 2.45) is 0 Å². The van der Waals surface area contributed by atoms with Crippen molar-refractivity contribution in [1.29, 1.82) is 0 Å². The van der Waals surface area contributed by atoms with Crippen LogP contribution in [-0.2, 0) is 0 Å². The first-order chi connectivity index (χ1) is 8.18. The van der Waals surface area contributed by atoms with Gasteiger partial charge in [-0.3, -0.25) is 9.88 Å². The fraction of sp³-hybridized carbons (Fsp3) is 0.643. The van der Waals surface area contributed by atoms with E-state index in [1.807, 2.05) is 12.1 Å². The first-order valence-electron chi connectivity index (χ1n) is 6.51. The molecule has 1 saturated heterocycles. The highest BCUT2D eigenvalue weighted by atomic mass is 16.3. The van der Waals surface area contributed by atoms with Crippen molar-refractivity contribution in [3.05, 3.63) is 30.1 Å². The van der Waals surface area contributed by atoms with Gasteiger partial charge in [0.05, 0.1) is 6.10 Å². The van der Waals surface area contributed by atoms with Crippen molar-refractivity contribution < 1.29 is 5.11 Å². The molecule has 0 bridgehead atoms. The van der Waals surface area contributed by atoms with Crippen molar-refractivity contribution in [3.8, 4) is 0 Å². The molecule has 1 aromatic rings. The Morgan fingerprint density at radius 2 is 2.18 bits per heavy atom. The summed E-state index contributed by atoms with van der Waals surface area (Å²) >= 11 is 0. The molecule has 2 rings (SSSR count). The minimum Gasteiger partial charge on any atom is -0.386 e. The van der Waals surface area contributed by atoms with Gasteiger partial charge in [-0.1, -0.05) is 13.0 Å². The molecule has 0 radical (unpaired) electrons. The highest BCUT2D eigenvalue weighted by Crippen LogP contribution is 2.35. The van der Waals surface area contributed by atoms with Crippen molar-refractivity contribution in [2.45, 2.75) is 44.8 Å². The lowest BCUT2D eigenvalue weighted by Gasteiger charge is -2.42. The first kappa shape index (κ1) is 12.5. The topological polar surface area (TPSA) is 36.4 Å². The Morgan fingerprint density at radius 1 is 1.47 bits per heavy atom. The van der Waals surface area contributed by atoms with Gasteiger partial charge in [-0.2, -0.15) is 0 Å². The van der Waals surface area contributed by atoms with Gasteiger partial charge < -0.3 is 5.11 Å². The van der Waals surface area contributed by atoms with Crippen LogP contribution >= 0.6 is 0 Å². The van der Waals surface area contributed by atoms with Crippen molar-refractivity contribution in [3.63, 3.8) is 0 Å². The van der Waals surface area contributed by atoms with Crippen LogP contribution in [0.4, 0.5) is 0 Å². The van der Waals surface area contributed by atoms with E-state index < -0.39 is 6.10 Å². The summed E-state index contributed by atoms with van der Waals surface area (Å²) in [7, 11) is 0. The molecule has 0 amide bonds. The van der Waals surface area contributed by atoms with Gasteiger partial charge in [-0.05, 0) is 45.3 Å². The molecule has 3 nitrogen and oxygen atoms in total. The molecule has 2 heterocycles. The van der Waals surface area contributed by atoms with E-state index in [0.29, 0.717) is 0 Å². The Morgan fingerprint density at radius 3 is 2.71 bits per heavy atom. The second kappa shape index (κ2) is 5.15. The summed E-state index contributed by atoms with van der Waals surface area (Å²) in [5, 5.41) is 10.6. The summed E-state index contributed by atoms with van der Waals surface area (Å²) in [6, 6.07) is 3.85. The largest absolute Gasteiger partial charge is 0.386 e. The molecular formula is C14H22N2O. The molecule has 1 aliphatic heterocycles. The Bertz CT molecular complexity index is 348. The summed E-state index contributed by atoms with van der Waals surface area (Å²) in [5.41, 5.74) is 0.753. The predicted molar refractivity (Wildman–Crippen MR) is 68.7 cm³/mol. The second-order valence-corrected chi connectivity index (χ2v) is 5.09. The van der Waals surface area contributed by atoms with Crippen LogP contribution < -0.4 is 0 Å². The number of nitrogens with zero attached hydrogens (tertiary/aromatic N) is 2. The molecule has 1 aliphatic rings. The fourth-order valence-electron chi connectivity index (χ4n) is 2.71. The zero-order valence-electron chi connectivity index (χ0n) is 10.8. The van der Waals surface area contributed by atoms with Crippen LogP contribution in [0.1, 0.15) is 44.8 Å². The molecule has 94 valence electrons. The zero-order valence-corrected chi connectivity index (χ0v) is 10.8. The van der Waals surface area contributed by atoms with Crippen molar-refractivity contribution in [2.75, 3.05) is 13.1 Å². The number of likely N-dealkylation sites (tertiary alicyclic amines) is 1. The fourth-order valence-corrected chi connectivity index (χ4v) is 2.71. The highest BCUT2D eigenvalue weighted by molar-refractivity contribution is 5.17. The van der Waals surface area contributed by atoms with E-state index in [4.69, 9.17) is 0 Å². The van der Waals surface area contributed by atoms with Crippen LogP contribution in [0, 0.1) is 0 Å². The number of aliphatic hydroxyl groups excluding tert-OH is 1. The van der Waals surface area contributed by atoms with E-state index in [1.165, 1.54) is 12.8 Å². The van der Waals surface area contributed by atoms with E-state index >= 15 is 0 Å². The predicted octanol–water partition coefficient (Wildman–Crippen LogP) is 2.38. The van der Waals surface area contributed by atoms with Gasteiger partial charge in [-0.15, -0.1) is 0 Å². The lowest BCUT2D eigenvalue weighted by molar-refractivity contribution is -0.0141. The molecule has 1 aromatic heterocycles. The Kier molecular flexibility index (Phi) is 3.79. The summed E-state index contributed by atoms with van der Waals surface area (Å²) in [6.45, 7) is 6.51. The number of hydrogen-bond acceptors (Lipinski definition) is 3. The van der Waals surface area contributed by atoms with Gasteiger partial charge in [-0.25, -0.2) is 0 Å². The molecule has 1 fully saturated rings. The van der Waals surface area contributed by atoms with Gasteiger partial charge in [0, 0.05) is 23.5 Å². The minimum atomic E-state index is -0.459. The van der Waals surface area contributed by atoms with Gasteiger partial charge in [0.25, 0.3) is 0 Å². The third-order valence-electron chi connectivity index (χ3n) is 4.13. The second-order valence-electron chi connectivity index (χ2n) is 5.09. The SMILES string of the molecule is CCC(C)(C(O)c1cccnc1)N1CCCC1. The summed E-state index contributed by atoms with van der Waals surface area (Å²) in [5.74, 6) is 0. The van der Waals surface area contributed by atoms with Gasteiger partial charge >= 0.3 is 0 Å². The van der Waals surface area contributed by atoms with Crippen molar-refractivity contribution >= 4 is 0 Å². The highest BCUT2D eigenvalue weighted by Gasteiger charge is 2.39. The Hall–Kier alpha value is -0.930. The van der Waals surface area contributed by atoms with E-state index in [2.05, 4.69) is 23.7 Å². The van der Waals surface area contributed by atoms with E-state index in [1.54, 1.807) is 12.4 Å². The van der Waals surface area contributed by atoms with Crippen LogP contribution in [-0.4, -0.2) is 33.6 Å². The Labute approximate surface area is 103 Å². The summed E-state index contributed by atoms with van der Waals surface area (Å²) in [4.78, 5) is 6.52. The van der Waals surface area contributed by atoms with Gasteiger partial charge in [0.15, 0.2) is 0 Å². The van der Waals surface area contributed by atoms with Crippen LogP contribution in [0.5, 0.6) is 0 Å². The quantitative estimate of drug-likeness (QED) is 0.869. The normalized spacial score (nSPS) is 22.3. The van der Waals surface area contributed by atoms with Crippen LogP contribution in [0.2, 0.25) is 0 Å². The lowest BCUT2D eigenvalue weighted by atomic mass is 9.86. The van der Waals surface area contributed by atoms with E-state index in [0.717, 1.165) is 25.1 Å². The lowest BCUT2D eigenvalue weighted by Crippen LogP contribution is -2.48. The van der Waals surface area contributed by atoms with Gasteiger partial charge in [0.1, 0.15) is 0 Å². The molecule has 2 unspecified atom stereocenters. The molecule has 3 heteroatoms. The van der Waals surface area contributed by atoms with Crippen LogP contribution in [0.25, 0.3) is 0 Å².